The Bertz CT molecular complexity index is 80.2. The van der Waals surface area contributed by atoms with Gasteiger partial charge in [0, 0.05) is 6.21 Å². The van der Waals surface area contributed by atoms with E-state index in [0.717, 1.165) is 6.21 Å². The number of hydrogen-bond donors (Lipinski definition) is 3. The van der Waals surface area contributed by atoms with Gasteiger partial charge in [-0.2, -0.15) is 0 Å². The molecule has 4 N–H and O–H groups in total. The second-order valence-corrected chi connectivity index (χ2v) is 0.949. The summed E-state index contributed by atoms with van der Waals surface area (Å²) in [5.74, 6) is 0. The van der Waals surface area contributed by atoms with Crippen molar-refractivity contribution in [2.45, 2.75) is 0 Å². The Morgan fingerprint density at radius 1 is 2.00 bits per heavy atom. The fourth-order valence-corrected chi connectivity index (χ4v) is 0.152. The van der Waals surface area contributed by atoms with E-state index < -0.39 is 6.03 Å². The fourth-order valence-electron chi connectivity index (χ4n) is 0.152. The second-order valence-electron chi connectivity index (χ2n) is 0.949. The molecule has 2 amide bonds. The van der Waals surface area contributed by atoms with Gasteiger partial charge in [0.25, 0.3) is 0 Å². The van der Waals surface area contributed by atoms with E-state index >= 15 is 0 Å². The number of rotatable bonds is 2. The topological polar surface area (TPSA) is 79.0 Å². The molecule has 0 aliphatic heterocycles. The van der Waals surface area contributed by atoms with E-state index in [1.165, 1.54) is 0 Å². The van der Waals surface area contributed by atoms with Gasteiger partial charge in [-0.1, -0.05) is 0 Å². The molecule has 7 heavy (non-hydrogen) atoms. The normalized spacial score (nSPS) is 7.43. The van der Waals surface area contributed by atoms with Gasteiger partial charge >= 0.3 is 6.03 Å². The van der Waals surface area contributed by atoms with E-state index in [4.69, 9.17) is 5.41 Å². The molecule has 0 unspecified atom stereocenters. The first-order chi connectivity index (χ1) is 3.27. The van der Waals surface area contributed by atoms with Gasteiger partial charge in [0.1, 0.15) is 0 Å². The summed E-state index contributed by atoms with van der Waals surface area (Å²) >= 11 is 0. The average Bonchev–Trinajstić information content (AvgIpc) is 1.61. The van der Waals surface area contributed by atoms with Gasteiger partial charge in [-0.3, -0.25) is 0 Å². The standard InChI is InChI=1S/C3H7N3O/c4-1-2-6-3(5)7/h1,4H,2H2,(H3,5,6,7). The molecule has 0 aromatic heterocycles. The highest BCUT2D eigenvalue weighted by Crippen LogP contribution is 1.49. The number of urea groups is 1. The highest BCUT2D eigenvalue weighted by atomic mass is 16.2. The maximum atomic E-state index is 9.77. The Labute approximate surface area is 41.2 Å². The maximum Gasteiger partial charge on any atom is 0.312 e. The minimum absolute atomic E-state index is 0.218. The van der Waals surface area contributed by atoms with Gasteiger partial charge in [0.05, 0.1) is 6.54 Å². The molecule has 4 heteroatoms. The van der Waals surface area contributed by atoms with Gasteiger partial charge in [-0.05, 0) is 0 Å². The summed E-state index contributed by atoms with van der Waals surface area (Å²) in [5.41, 5.74) is 4.63. The molecule has 0 rings (SSSR count). The van der Waals surface area contributed by atoms with E-state index in [0.29, 0.717) is 0 Å². The van der Waals surface area contributed by atoms with Crippen molar-refractivity contribution in [3.8, 4) is 0 Å². The van der Waals surface area contributed by atoms with Crippen LogP contribution in [0.15, 0.2) is 0 Å². The number of carbonyl (C=O) groups excluding carboxylic acids is 1. The van der Waals surface area contributed by atoms with Crippen molar-refractivity contribution in [3.63, 3.8) is 0 Å². The molecule has 0 heterocycles. The molecular weight excluding hydrogens is 94.1 g/mol. The first-order valence-corrected chi connectivity index (χ1v) is 1.79. The highest BCUT2D eigenvalue weighted by Gasteiger charge is 1.82. The predicted octanol–water partition coefficient (Wildman–Crippen LogP) is -0.696. The van der Waals surface area contributed by atoms with Crippen LogP contribution in [0.2, 0.25) is 0 Å². The molecule has 0 aromatic carbocycles. The molecular formula is C3H7N3O. The number of nitrogens with two attached hydrogens (primary N) is 1. The zero-order valence-electron chi connectivity index (χ0n) is 3.77. The molecule has 4 nitrogen and oxygen atoms in total. The lowest BCUT2D eigenvalue weighted by molar-refractivity contribution is 0.250. The SMILES string of the molecule is N=CCNC(N)=O. The summed E-state index contributed by atoms with van der Waals surface area (Å²) in [6.45, 7) is 0.218. The molecule has 0 fully saturated rings. The smallest absolute Gasteiger partial charge is 0.312 e. The average molecular weight is 101 g/mol. The quantitative estimate of drug-likeness (QED) is 0.395. The number of hydrogen-bond acceptors (Lipinski definition) is 2. The molecule has 0 saturated heterocycles. The van der Waals surface area contributed by atoms with Gasteiger partial charge < -0.3 is 16.5 Å². The molecule has 0 radical (unpaired) electrons. The Hall–Kier alpha value is -1.06. The van der Waals surface area contributed by atoms with E-state index in [2.05, 4.69) is 11.1 Å². The van der Waals surface area contributed by atoms with Crippen molar-refractivity contribution < 1.29 is 4.79 Å². The van der Waals surface area contributed by atoms with Crippen molar-refractivity contribution in [2.24, 2.45) is 5.73 Å². The number of nitrogens with one attached hydrogen (secondary N) is 2. The lowest BCUT2D eigenvalue weighted by Gasteiger charge is -1.89. The van der Waals surface area contributed by atoms with Crippen LogP contribution < -0.4 is 11.1 Å². The van der Waals surface area contributed by atoms with Crippen LogP contribution in [0.5, 0.6) is 0 Å². The van der Waals surface area contributed by atoms with Gasteiger partial charge in [0.15, 0.2) is 0 Å². The van der Waals surface area contributed by atoms with Crippen molar-refractivity contribution in [2.75, 3.05) is 6.54 Å². The summed E-state index contributed by atoms with van der Waals surface area (Å²) < 4.78 is 0. The second kappa shape index (κ2) is 3.14. The Kier molecular flexibility index (Phi) is 2.67. The van der Waals surface area contributed by atoms with Crippen LogP contribution >= 0.6 is 0 Å². The first kappa shape index (κ1) is 5.94. The predicted molar refractivity (Wildman–Crippen MR) is 26.4 cm³/mol. The highest BCUT2D eigenvalue weighted by molar-refractivity contribution is 5.74. The monoisotopic (exact) mass is 101 g/mol. The molecule has 0 atom stereocenters. The third-order valence-electron chi connectivity index (χ3n) is 0.378. The van der Waals surface area contributed by atoms with Crippen molar-refractivity contribution in [1.29, 1.82) is 5.41 Å². The molecule has 0 spiro atoms. The number of primary amides is 1. The summed E-state index contributed by atoms with van der Waals surface area (Å²) in [5, 5.41) is 8.59. The van der Waals surface area contributed by atoms with Crippen LogP contribution in [0.3, 0.4) is 0 Å². The van der Waals surface area contributed by atoms with Crippen LogP contribution in [0.25, 0.3) is 0 Å². The van der Waals surface area contributed by atoms with E-state index in [1.54, 1.807) is 0 Å². The van der Waals surface area contributed by atoms with E-state index in [9.17, 15) is 4.79 Å². The molecule has 0 bridgehead atoms. The summed E-state index contributed by atoms with van der Waals surface area (Å²) in [4.78, 5) is 9.77. The van der Waals surface area contributed by atoms with Crippen LogP contribution in [0, 0.1) is 5.41 Å². The molecule has 0 aliphatic carbocycles. The third-order valence-corrected chi connectivity index (χ3v) is 0.378. The lowest BCUT2D eigenvalue weighted by atomic mass is 10.7. The minimum Gasteiger partial charge on any atom is -0.352 e. The lowest BCUT2D eigenvalue weighted by Crippen LogP contribution is -2.30. The van der Waals surface area contributed by atoms with Gasteiger partial charge in [-0.25, -0.2) is 4.79 Å². The summed E-state index contributed by atoms with van der Waals surface area (Å²) in [6, 6.07) is -0.594. The zero-order chi connectivity index (χ0) is 5.70. The van der Waals surface area contributed by atoms with Crippen molar-refractivity contribution in [1.82, 2.24) is 5.32 Å². The van der Waals surface area contributed by atoms with Crippen molar-refractivity contribution >= 4 is 12.2 Å². The van der Waals surface area contributed by atoms with Gasteiger partial charge in [-0.15, -0.1) is 0 Å². The number of amides is 2. The minimum atomic E-state index is -0.594. The first-order valence-electron chi connectivity index (χ1n) is 1.79. The van der Waals surface area contributed by atoms with E-state index in [-0.39, 0.29) is 6.54 Å². The van der Waals surface area contributed by atoms with Crippen LogP contribution in [0.1, 0.15) is 0 Å². The Morgan fingerprint density at radius 3 is 2.71 bits per heavy atom. The maximum absolute atomic E-state index is 9.77. The third kappa shape index (κ3) is 4.94. The van der Waals surface area contributed by atoms with Crippen molar-refractivity contribution in [3.05, 3.63) is 0 Å². The number of carbonyl (C=O) groups is 1. The molecule has 0 saturated carbocycles. The van der Waals surface area contributed by atoms with E-state index in [1.807, 2.05) is 0 Å². The zero-order valence-corrected chi connectivity index (χ0v) is 3.77. The summed E-state index contributed by atoms with van der Waals surface area (Å²) in [7, 11) is 0. The summed E-state index contributed by atoms with van der Waals surface area (Å²) in [6.07, 6.45) is 1.06. The molecule has 0 aromatic rings. The van der Waals surface area contributed by atoms with Crippen LogP contribution in [-0.2, 0) is 0 Å². The Balaban J connectivity index is 2.97. The van der Waals surface area contributed by atoms with Crippen LogP contribution in [0.4, 0.5) is 4.79 Å². The van der Waals surface area contributed by atoms with Crippen LogP contribution in [-0.4, -0.2) is 18.8 Å². The van der Waals surface area contributed by atoms with Gasteiger partial charge in [0.2, 0.25) is 0 Å². The largest absolute Gasteiger partial charge is 0.352 e. The molecule has 0 aliphatic rings. The Morgan fingerprint density at radius 2 is 2.57 bits per heavy atom. The fraction of sp³-hybridized carbons (Fsp3) is 0.333. The molecule has 40 valence electrons.